The maximum atomic E-state index is 10.8. The second-order valence-electron chi connectivity index (χ2n) is 5.18. The molecule has 0 unspecified atom stereocenters. The molecule has 0 bridgehead atoms. The van der Waals surface area contributed by atoms with Gasteiger partial charge in [-0.2, -0.15) is 0 Å². The van der Waals surface area contributed by atoms with Gasteiger partial charge >= 0.3 is 5.97 Å². The Morgan fingerprint density at radius 3 is 2.33 bits per heavy atom. The van der Waals surface area contributed by atoms with Crippen molar-refractivity contribution in [3.05, 3.63) is 70.8 Å². The Hall–Kier alpha value is -2.13. The maximum Gasteiger partial charge on any atom is 0.335 e. The molecule has 2 N–H and O–H groups in total. The normalized spacial score (nSPS) is 10.5. The van der Waals surface area contributed by atoms with Crippen LogP contribution in [0.1, 0.15) is 40.4 Å². The van der Waals surface area contributed by atoms with E-state index in [1.54, 1.807) is 12.1 Å². The Morgan fingerprint density at radius 1 is 1.00 bits per heavy atom. The van der Waals surface area contributed by atoms with Gasteiger partial charge in [-0.05, 0) is 35.2 Å². The molecular formula is C18H21NO2. The van der Waals surface area contributed by atoms with E-state index in [0.29, 0.717) is 5.56 Å². The fourth-order valence-corrected chi connectivity index (χ4v) is 2.30. The van der Waals surface area contributed by atoms with Crippen molar-refractivity contribution in [2.24, 2.45) is 0 Å². The number of aryl methyl sites for hydroxylation is 1. The molecule has 0 aliphatic heterocycles. The lowest BCUT2D eigenvalue weighted by Crippen LogP contribution is -2.13. The quantitative estimate of drug-likeness (QED) is 0.816. The molecule has 0 aromatic heterocycles. The van der Waals surface area contributed by atoms with E-state index in [1.807, 2.05) is 12.1 Å². The number of hydrogen-bond acceptors (Lipinski definition) is 2. The van der Waals surface area contributed by atoms with Crippen LogP contribution in [0.5, 0.6) is 0 Å². The summed E-state index contributed by atoms with van der Waals surface area (Å²) in [5.41, 5.74) is 4.07. The molecule has 0 saturated heterocycles. The van der Waals surface area contributed by atoms with Crippen molar-refractivity contribution >= 4 is 5.97 Å². The largest absolute Gasteiger partial charge is 0.478 e. The Kier molecular flexibility index (Phi) is 5.52. The third-order valence-electron chi connectivity index (χ3n) is 3.39. The Labute approximate surface area is 125 Å². The van der Waals surface area contributed by atoms with Gasteiger partial charge in [0.25, 0.3) is 0 Å². The van der Waals surface area contributed by atoms with E-state index < -0.39 is 5.97 Å². The number of carboxylic acids is 1. The second-order valence-corrected chi connectivity index (χ2v) is 5.18. The van der Waals surface area contributed by atoms with Crippen LogP contribution in [0.15, 0.2) is 48.5 Å². The van der Waals surface area contributed by atoms with Crippen molar-refractivity contribution in [1.29, 1.82) is 0 Å². The maximum absolute atomic E-state index is 10.8. The first-order valence-corrected chi connectivity index (χ1v) is 7.30. The Morgan fingerprint density at radius 2 is 1.67 bits per heavy atom. The zero-order valence-corrected chi connectivity index (χ0v) is 12.3. The van der Waals surface area contributed by atoms with E-state index in [1.165, 1.54) is 11.1 Å². The monoisotopic (exact) mass is 283 g/mol. The average Bonchev–Trinajstić information content (AvgIpc) is 2.48. The predicted molar refractivity (Wildman–Crippen MR) is 84.4 cm³/mol. The van der Waals surface area contributed by atoms with E-state index in [0.717, 1.165) is 31.5 Å². The Bertz CT molecular complexity index is 590. The van der Waals surface area contributed by atoms with Crippen molar-refractivity contribution in [3.63, 3.8) is 0 Å². The van der Waals surface area contributed by atoms with E-state index in [2.05, 4.69) is 36.5 Å². The molecule has 2 aromatic rings. The summed E-state index contributed by atoms with van der Waals surface area (Å²) in [5.74, 6) is -0.887. The summed E-state index contributed by atoms with van der Waals surface area (Å²) in [6.07, 6.45) is 2.28. The van der Waals surface area contributed by atoms with Gasteiger partial charge in [-0.15, -0.1) is 0 Å². The van der Waals surface area contributed by atoms with Crippen molar-refractivity contribution in [2.45, 2.75) is 32.9 Å². The fraction of sp³-hybridized carbons (Fsp3) is 0.278. The lowest BCUT2D eigenvalue weighted by molar-refractivity contribution is 0.0697. The topological polar surface area (TPSA) is 49.3 Å². The van der Waals surface area contributed by atoms with Gasteiger partial charge in [0.1, 0.15) is 0 Å². The van der Waals surface area contributed by atoms with E-state index >= 15 is 0 Å². The van der Waals surface area contributed by atoms with Crippen LogP contribution >= 0.6 is 0 Å². The SMILES string of the molecule is CCCc1cccc(CNCc2ccc(C(=O)O)cc2)c1. The molecule has 0 radical (unpaired) electrons. The number of carboxylic acid groups (broad SMARTS) is 1. The first kappa shape index (κ1) is 15.3. The number of carbonyl (C=O) groups is 1. The number of hydrogen-bond donors (Lipinski definition) is 2. The number of rotatable bonds is 7. The fourth-order valence-electron chi connectivity index (χ4n) is 2.30. The molecule has 0 aliphatic carbocycles. The number of aromatic carboxylic acids is 1. The van der Waals surface area contributed by atoms with Crippen LogP contribution in [-0.2, 0) is 19.5 Å². The van der Waals surface area contributed by atoms with Gasteiger partial charge in [-0.3, -0.25) is 0 Å². The minimum atomic E-state index is -0.887. The molecule has 21 heavy (non-hydrogen) atoms. The summed E-state index contributed by atoms with van der Waals surface area (Å²) in [4.78, 5) is 10.8. The summed E-state index contributed by atoms with van der Waals surface area (Å²) < 4.78 is 0. The molecule has 0 saturated carbocycles. The first-order valence-electron chi connectivity index (χ1n) is 7.30. The van der Waals surface area contributed by atoms with Gasteiger partial charge in [0, 0.05) is 13.1 Å². The van der Waals surface area contributed by atoms with E-state index in [4.69, 9.17) is 5.11 Å². The van der Waals surface area contributed by atoms with Gasteiger partial charge in [0.2, 0.25) is 0 Å². The molecule has 0 atom stereocenters. The third-order valence-corrected chi connectivity index (χ3v) is 3.39. The highest BCUT2D eigenvalue weighted by Gasteiger charge is 2.01. The van der Waals surface area contributed by atoms with E-state index in [-0.39, 0.29) is 0 Å². The molecule has 3 heteroatoms. The highest BCUT2D eigenvalue weighted by atomic mass is 16.4. The Balaban J connectivity index is 1.86. The standard InChI is InChI=1S/C18H21NO2/c1-2-4-14-5-3-6-16(11-14)13-19-12-15-7-9-17(10-8-15)18(20)21/h3,5-11,19H,2,4,12-13H2,1H3,(H,20,21). The van der Waals surface area contributed by atoms with Crippen LogP contribution in [0.25, 0.3) is 0 Å². The number of benzene rings is 2. The summed E-state index contributed by atoms with van der Waals surface area (Å²) in [5, 5.41) is 12.2. The van der Waals surface area contributed by atoms with Crippen LogP contribution < -0.4 is 5.32 Å². The molecule has 2 aromatic carbocycles. The summed E-state index contributed by atoms with van der Waals surface area (Å²) in [6.45, 7) is 3.74. The molecular weight excluding hydrogens is 262 g/mol. The van der Waals surface area contributed by atoms with Crippen molar-refractivity contribution < 1.29 is 9.90 Å². The van der Waals surface area contributed by atoms with Gasteiger partial charge in [0.05, 0.1) is 5.56 Å². The van der Waals surface area contributed by atoms with Crippen molar-refractivity contribution in [3.8, 4) is 0 Å². The molecule has 0 aliphatic rings. The third kappa shape index (κ3) is 4.72. The van der Waals surface area contributed by atoms with Crippen LogP contribution in [0.3, 0.4) is 0 Å². The first-order chi connectivity index (χ1) is 10.2. The molecule has 3 nitrogen and oxygen atoms in total. The van der Waals surface area contributed by atoms with Crippen LogP contribution in [0.4, 0.5) is 0 Å². The van der Waals surface area contributed by atoms with Crippen LogP contribution in [0, 0.1) is 0 Å². The molecule has 0 spiro atoms. The van der Waals surface area contributed by atoms with Gasteiger partial charge in [0.15, 0.2) is 0 Å². The summed E-state index contributed by atoms with van der Waals surface area (Å²) in [7, 11) is 0. The second kappa shape index (κ2) is 7.60. The molecule has 2 rings (SSSR count). The zero-order chi connectivity index (χ0) is 15.1. The highest BCUT2D eigenvalue weighted by molar-refractivity contribution is 5.87. The molecule has 0 fully saturated rings. The zero-order valence-electron chi connectivity index (χ0n) is 12.3. The van der Waals surface area contributed by atoms with Crippen LogP contribution in [0.2, 0.25) is 0 Å². The van der Waals surface area contributed by atoms with Gasteiger partial charge < -0.3 is 10.4 Å². The summed E-state index contributed by atoms with van der Waals surface area (Å²) >= 11 is 0. The van der Waals surface area contributed by atoms with Gasteiger partial charge in [-0.25, -0.2) is 4.79 Å². The minimum absolute atomic E-state index is 0.325. The highest BCUT2D eigenvalue weighted by Crippen LogP contribution is 2.08. The number of nitrogens with one attached hydrogen (secondary N) is 1. The van der Waals surface area contributed by atoms with Crippen molar-refractivity contribution in [1.82, 2.24) is 5.32 Å². The van der Waals surface area contributed by atoms with E-state index in [9.17, 15) is 4.79 Å². The van der Waals surface area contributed by atoms with Crippen molar-refractivity contribution in [2.75, 3.05) is 0 Å². The molecule has 0 heterocycles. The molecule has 110 valence electrons. The lowest BCUT2D eigenvalue weighted by Gasteiger charge is -2.07. The van der Waals surface area contributed by atoms with Gasteiger partial charge in [-0.1, -0.05) is 49.7 Å². The smallest absolute Gasteiger partial charge is 0.335 e. The van der Waals surface area contributed by atoms with Crippen LogP contribution in [-0.4, -0.2) is 11.1 Å². The summed E-state index contributed by atoms with van der Waals surface area (Å²) in [6, 6.07) is 15.6. The predicted octanol–water partition coefficient (Wildman–Crippen LogP) is 3.63. The lowest BCUT2D eigenvalue weighted by atomic mass is 10.1. The average molecular weight is 283 g/mol. The minimum Gasteiger partial charge on any atom is -0.478 e. The molecule has 0 amide bonds.